The van der Waals surface area contributed by atoms with Crippen molar-refractivity contribution in [3.63, 3.8) is 0 Å². The monoisotopic (exact) mass is 223 g/mol. The first-order chi connectivity index (χ1) is 6.93. The van der Waals surface area contributed by atoms with E-state index in [2.05, 4.69) is 0 Å². The standard InChI is InChI=1S/C8H14FNO5/c1-4(12)10-5(3-11)7(14)8(15)6(13)2-9/h3,5-8,13-15H,2H2,1H3,(H,10,12)/t5-,6-,7-,8-/m1/s1. The third-order valence-electron chi connectivity index (χ3n) is 1.79. The summed E-state index contributed by atoms with van der Waals surface area (Å²) in [6.45, 7) is -0.148. The van der Waals surface area contributed by atoms with Crippen LogP contribution in [0.15, 0.2) is 0 Å². The van der Waals surface area contributed by atoms with E-state index in [9.17, 15) is 19.1 Å². The zero-order valence-electron chi connectivity index (χ0n) is 8.13. The summed E-state index contributed by atoms with van der Waals surface area (Å²) in [4.78, 5) is 21.0. The van der Waals surface area contributed by atoms with Crippen LogP contribution in [0.1, 0.15) is 6.92 Å². The highest BCUT2D eigenvalue weighted by molar-refractivity contribution is 5.77. The molecule has 7 heteroatoms. The molecule has 0 aromatic heterocycles. The number of amides is 1. The molecule has 0 saturated carbocycles. The number of halogens is 1. The highest BCUT2D eigenvalue weighted by Crippen LogP contribution is 2.04. The predicted molar refractivity (Wildman–Crippen MR) is 47.7 cm³/mol. The smallest absolute Gasteiger partial charge is 0.217 e. The molecule has 0 unspecified atom stereocenters. The third-order valence-corrected chi connectivity index (χ3v) is 1.79. The quantitative estimate of drug-likeness (QED) is 0.380. The van der Waals surface area contributed by atoms with Crippen LogP contribution in [0.25, 0.3) is 0 Å². The third kappa shape index (κ3) is 4.32. The van der Waals surface area contributed by atoms with Gasteiger partial charge in [-0.1, -0.05) is 0 Å². The molecule has 4 atom stereocenters. The maximum atomic E-state index is 11.9. The largest absolute Gasteiger partial charge is 0.388 e. The van der Waals surface area contributed by atoms with Crippen LogP contribution in [0.4, 0.5) is 4.39 Å². The van der Waals surface area contributed by atoms with Crippen LogP contribution in [-0.2, 0) is 9.59 Å². The molecular formula is C8H14FNO5. The van der Waals surface area contributed by atoms with E-state index >= 15 is 0 Å². The first-order valence-electron chi connectivity index (χ1n) is 4.26. The summed E-state index contributed by atoms with van der Waals surface area (Å²) in [5.74, 6) is -0.590. The van der Waals surface area contributed by atoms with Crippen molar-refractivity contribution >= 4 is 12.2 Å². The van der Waals surface area contributed by atoms with E-state index in [0.717, 1.165) is 6.92 Å². The van der Waals surface area contributed by atoms with Crippen LogP contribution < -0.4 is 5.32 Å². The van der Waals surface area contributed by atoms with Gasteiger partial charge in [-0.3, -0.25) is 4.79 Å². The fourth-order valence-electron chi connectivity index (χ4n) is 0.966. The number of aldehydes is 1. The molecule has 0 aromatic carbocycles. The van der Waals surface area contributed by atoms with Crippen molar-refractivity contribution in [2.24, 2.45) is 0 Å². The zero-order valence-corrected chi connectivity index (χ0v) is 8.13. The topological polar surface area (TPSA) is 107 Å². The van der Waals surface area contributed by atoms with Crippen LogP contribution in [0.3, 0.4) is 0 Å². The van der Waals surface area contributed by atoms with Gasteiger partial charge >= 0.3 is 0 Å². The molecule has 0 aliphatic rings. The molecule has 0 spiro atoms. The first-order valence-corrected chi connectivity index (χ1v) is 4.26. The van der Waals surface area contributed by atoms with Gasteiger partial charge in [-0.25, -0.2) is 4.39 Å². The van der Waals surface area contributed by atoms with Gasteiger partial charge < -0.3 is 25.4 Å². The molecule has 0 aliphatic heterocycles. The Balaban J connectivity index is 4.42. The van der Waals surface area contributed by atoms with Gasteiger partial charge in [-0.2, -0.15) is 0 Å². The summed E-state index contributed by atoms with van der Waals surface area (Å²) in [5, 5.41) is 29.4. The first kappa shape index (κ1) is 13.9. The van der Waals surface area contributed by atoms with Gasteiger partial charge in [0.2, 0.25) is 5.91 Å². The van der Waals surface area contributed by atoms with Gasteiger partial charge in [-0.15, -0.1) is 0 Å². The molecule has 15 heavy (non-hydrogen) atoms. The Morgan fingerprint density at radius 1 is 1.40 bits per heavy atom. The second-order valence-corrected chi connectivity index (χ2v) is 3.07. The Morgan fingerprint density at radius 3 is 2.27 bits per heavy atom. The van der Waals surface area contributed by atoms with E-state index in [1.54, 1.807) is 0 Å². The number of rotatable bonds is 6. The maximum absolute atomic E-state index is 11.9. The van der Waals surface area contributed by atoms with Crippen LogP contribution in [-0.4, -0.2) is 58.5 Å². The second kappa shape index (κ2) is 6.44. The molecule has 88 valence electrons. The van der Waals surface area contributed by atoms with Crippen LogP contribution in [0.2, 0.25) is 0 Å². The Hall–Kier alpha value is -1.05. The fraction of sp³-hybridized carbons (Fsp3) is 0.750. The van der Waals surface area contributed by atoms with Crippen molar-refractivity contribution in [3.8, 4) is 0 Å². The number of carbonyl (C=O) groups excluding carboxylic acids is 2. The molecule has 6 nitrogen and oxygen atoms in total. The van der Waals surface area contributed by atoms with Gasteiger partial charge in [0.15, 0.2) is 0 Å². The van der Waals surface area contributed by atoms with Gasteiger partial charge in [0.05, 0.1) is 0 Å². The number of alkyl halides is 1. The van der Waals surface area contributed by atoms with Crippen molar-refractivity contribution in [2.45, 2.75) is 31.3 Å². The lowest BCUT2D eigenvalue weighted by Crippen LogP contribution is -2.52. The van der Waals surface area contributed by atoms with Crippen molar-refractivity contribution < 1.29 is 29.3 Å². The Kier molecular flexibility index (Phi) is 5.99. The number of nitrogens with one attached hydrogen (secondary N) is 1. The summed E-state index contributed by atoms with van der Waals surface area (Å²) < 4.78 is 11.9. The molecule has 0 rings (SSSR count). The lowest BCUT2D eigenvalue weighted by molar-refractivity contribution is -0.128. The van der Waals surface area contributed by atoms with E-state index in [0.29, 0.717) is 0 Å². The van der Waals surface area contributed by atoms with Gasteiger partial charge in [0, 0.05) is 6.92 Å². The Morgan fingerprint density at radius 2 is 1.93 bits per heavy atom. The van der Waals surface area contributed by atoms with Crippen molar-refractivity contribution in [1.82, 2.24) is 5.32 Å². The average Bonchev–Trinajstić information content (AvgIpc) is 2.22. The molecule has 0 bridgehead atoms. The highest BCUT2D eigenvalue weighted by Gasteiger charge is 2.31. The van der Waals surface area contributed by atoms with Crippen LogP contribution in [0.5, 0.6) is 0 Å². The predicted octanol–water partition coefficient (Wildman–Crippen LogP) is -2.26. The summed E-state index contributed by atoms with van der Waals surface area (Å²) in [6.07, 6.45) is -5.19. The summed E-state index contributed by atoms with van der Waals surface area (Å²) >= 11 is 0. The van der Waals surface area contributed by atoms with E-state index in [-0.39, 0.29) is 6.29 Å². The summed E-state index contributed by atoms with van der Waals surface area (Å²) in [6, 6.07) is -1.38. The minimum Gasteiger partial charge on any atom is -0.388 e. The van der Waals surface area contributed by atoms with E-state index in [1.807, 2.05) is 5.32 Å². The van der Waals surface area contributed by atoms with E-state index < -0.39 is 36.9 Å². The molecule has 0 radical (unpaired) electrons. The average molecular weight is 223 g/mol. The molecule has 0 fully saturated rings. The Bertz CT molecular complexity index is 225. The molecule has 0 aliphatic carbocycles. The Labute approximate surface area is 85.7 Å². The minimum absolute atomic E-state index is 0.195. The maximum Gasteiger partial charge on any atom is 0.217 e. The zero-order chi connectivity index (χ0) is 12.0. The SMILES string of the molecule is CC(=O)N[C@H](C=O)[C@@H](O)[C@H](O)[C@H](O)CF. The number of hydrogen-bond acceptors (Lipinski definition) is 5. The second-order valence-electron chi connectivity index (χ2n) is 3.07. The van der Waals surface area contributed by atoms with E-state index in [4.69, 9.17) is 10.2 Å². The highest BCUT2D eigenvalue weighted by atomic mass is 19.1. The fourth-order valence-corrected chi connectivity index (χ4v) is 0.966. The normalized spacial score (nSPS) is 18.7. The van der Waals surface area contributed by atoms with Crippen molar-refractivity contribution in [1.29, 1.82) is 0 Å². The number of carbonyl (C=O) groups is 2. The molecule has 4 N–H and O–H groups in total. The molecule has 1 amide bonds. The molecule has 0 saturated heterocycles. The lowest BCUT2D eigenvalue weighted by atomic mass is 10.0. The lowest BCUT2D eigenvalue weighted by Gasteiger charge is -2.25. The molecular weight excluding hydrogens is 209 g/mol. The van der Waals surface area contributed by atoms with Gasteiger partial charge in [-0.05, 0) is 0 Å². The van der Waals surface area contributed by atoms with Crippen molar-refractivity contribution in [2.75, 3.05) is 6.67 Å². The number of aliphatic hydroxyl groups excluding tert-OH is 3. The minimum atomic E-state index is -1.84. The van der Waals surface area contributed by atoms with E-state index in [1.165, 1.54) is 0 Å². The van der Waals surface area contributed by atoms with Crippen LogP contribution in [0, 0.1) is 0 Å². The van der Waals surface area contributed by atoms with Gasteiger partial charge in [0.25, 0.3) is 0 Å². The summed E-state index contributed by atoms with van der Waals surface area (Å²) in [7, 11) is 0. The van der Waals surface area contributed by atoms with Crippen molar-refractivity contribution in [3.05, 3.63) is 0 Å². The number of aliphatic hydroxyl groups is 3. The van der Waals surface area contributed by atoms with Gasteiger partial charge in [0.1, 0.15) is 37.3 Å². The summed E-state index contributed by atoms with van der Waals surface area (Å²) in [5.41, 5.74) is 0. The molecule has 0 aromatic rings. The van der Waals surface area contributed by atoms with Crippen LogP contribution >= 0.6 is 0 Å². The number of hydrogen-bond donors (Lipinski definition) is 4. The molecule has 0 heterocycles.